The normalized spacial score (nSPS) is 16.6. The van der Waals surface area contributed by atoms with Gasteiger partial charge in [-0.2, -0.15) is 0 Å². The van der Waals surface area contributed by atoms with Gasteiger partial charge >= 0.3 is 0 Å². The van der Waals surface area contributed by atoms with Gasteiger partial charge in [0.05, 0.1) is 25.2 Å². The fraction of sp³-hybridized carbons (Fsp3) is 0.571. The van der Waals surface area contributed by atoms with Gasteiger partial charge in [-0.15, -0.1) is 0 Å². The molecule has 1 aliphatic rings. The van der Waals surface area contributed by atoms with E-state index in [1.54, 1.807) is 0 Å². The number of nitrogens with one attached hydrogen (secondary N) is 1. The van der Waals surface area contributed by atoms with Crippen molar-refractivity contribution >= 4 is 10.0 Å². The lowest BCUT2D eigenvalue weighted by Gasteiger charge is -2.26. The van der Waals surface area contributed by atoms with E-state index in [0.717, 1.165) is 38.9 Å². The molecule has 1 fully saturated rings. The number of nitrogens with zero attached hydrogens (tertiary/aromatic N) is 1. The third-order valence-electron chi connectivity index (χ3n) is 3.48. The maximum absolute atomic E-state index is 13.3. The molecule has 0 aromatic heterocycles. The highest BCUT2D eigenvalue weighted by molar-refractivity contribution is 7.89. The molecule has 1 aromatic rings. The van der Waals surface area contributed by atoms with E-state index in [1.165, 1.54) is 19.2 Å². The van der Waals surface area contributed by atoms with Crippen molar-refractivity contribution in [3.8, 4) is 5.75 Å². The Labute approximate surface area is 130 Å². The maximum atomic E-state index is 13.3. The number of ether oxygens (including phenoxy) is 2. The fourth-order valence-electron chi connectivity index (χ4n) is 2.22. The number of benzene rings is 1. The smallest absolute Gasteiger partial charge is 0.240 e. The van der Waals surface area contributed by atoms with Crippen LogP contribution in [-0.4, -0.2) is 59.8 Å². The van der Waals surface area contributed by atoms with Gasteiger partial charge in [-0.1, -0.05) is 0 Å². The van der Waals surface area contributed by atoms with E-state index in [0.29, 0.717) is 13.0 Å². The van der Waals surface area contributed by atoms with Gasteiger partial charge in [0, 0.05) is 25.7 Å². The first kappa shape index (κ1) is 17.1. The molecule has 0 spiro atoms. The zero-order valence-corrected chi connectivity index (χ0v) is 13.4. The van der Waals surface area contributed by atoms with Crippen LogP contribution in [0.25, 0.3) is 0 Å². The summed E-state index contributed by atoms with van der Waals surface area (Å²) in [5.74, 6) is -0.676. The third kappa shape index (κ3) is 4.64. The summed E-state index contributed by atoms with van der Waals surface area (Å²) in [5, 5.41) is 0. The molecule has 0 atom stereocenters. The predicted molar refractivity (Wildman–Crippen MR) is 80.0 cm³/mol. The minimum absolute atomic E-state index is 0.00266. The lowest BCUT2D eigenvalue weighted by molar-refractivity contribution is 0.0376. The number of hydrogen-bond acceptors (Lipinski definition) is 5. The van der Waals surface area contributed by atoms with Crippen LogP contribution >= 0.6 is 0 Å². The van der Waals surface area contributed by atoms with Crippen molar-refractivity contribution in [2.75, 3.05) is 46.5 Å². The molecule has 1 N–H and O–H groups in total. The maximum Gasteiger partial charge on any atom is 0.240 e. The summed E-state index contributed by atoms with van der Waals surface area (Å²) in [6, 6.07) is 3.49. The zero-order chi connectivity index (χ0) is 16.0. The minimum Gasteiger partial charge on any atom is -0.494 e. The number of methoxy groups -OCH3 is 1. The van der Waals surface area contributed by atoms with Gasteiger partial charge in [0.2, 0.25) is 10.0 Å². The summed E-state index contributed by atoms with van der Waals surface area (Å²) >= 11 is 0. The molecule has 1 aromatic carbocycles. The summed E-state index contributed by atoms with van der Waals surface area (Å²) in [6.45, 7) is 4.35. The first-order chi connectivity index (χ1) is 10.5. The van der Waals surface area contributed by atoms with E-state index in [2.05, 4.69) is 9.62 Å². The van der Waals surface area contributed by atoms with Crippen molar-refractivity contribution in [3.63, 3.8) is 0 Å². The summed E-state index contributed by atoms with van der Waals surface area (Å²) in [6.07, 6.45) is 0.706. The molecule has 22 heavy (non-hydrogen) atoms. The molecule has 124 valence electrons. The Morgan fingerprint density at radius 2 is 2.09 bits per heavy atom. The molecule has 6 nitrogen and oxygen atoms in total. The Morgan fingerprint density at radius 3 is 2.77 bits per heavy atom. The van der Waals surface area contributed by atoms with E-state index in [1.807, 2.05) is 0 Å². The van der Waals surface area contributed by atoms with Crippen molar-refractivity contribution in [2.45, 2.75) is 11.3 Å². The van der Waals surface area contributed by atoms with Gasteiger partial charge in [-0.3, -0.25) is 4.90 Å². The summed E-state index contributed by atoms with van der Waals surface area (Å²) in [5.41, 5.74) is 0. The fourth-order valence-corrected chi connectivity index (χ4v) is 3.31. The molecule has 8 heteroatoms. The third-order valence-corrected chi connectivity index (χ3v) is 4.94. The Balaban J connectivity index is 1.85. The van der Waals surface area contributed by atoms with E-state index < -0.39 is 15.8 Å². The van der Waals surface area contributed by atoms with Crippen LogP contribution in [0.4, 0.5) is 4.39 Å². The van der Waals surface area contributed by atoms with Crippen molar-refractivity contribution in [3.05, 3.63) is 24.0 Å². The second-order valence-corrected chi connectivity index (χ2v) is 6.77. The molecule has 1 saturated heterocycles. The summed E-state index contributed by atoms with van der Waals surface area (Å²) in [7, 11) is -2.36. The molecule has 1 aliphatic heterocycles. The average Bonchev–Trinajstić information content (AvgIpc) is 2.53. The molecule has 0 aliphatic carbocycles. The van der Waals surface area contributed by atoms with Crippen LogP contribution in [0.3, 0.4) is 0 Å². The Hall–Kier alpha value is -1.22. The molecule has 0 bridgehead atoms. The van der Waals surface area contributed by atoms with E-state index in [-0.39, 0.29) is 10.6 Å². The number of sulfonamides is 1. The molecule has 2 rings (SSSR count). The van der Waals surface area contributed by atoms with E-state index in [4.69, 9.17) is 9.47 Å². The number of morpholine rings is 1. The topological polar surface area (TPSA) is 67.9 Å². The van der Waals surface area contributed by atoms with Crippen LogP contribution in [0.2, 0.25) is 0 Å². The van der Waals surface area contributed by atoms with Crippen LogP contribution in [0, 0.1) is 5.82 Å². The van der Waals surface area contributed by atoms with Crippen LogP contribution in [0.15, 0.2) is 23.1 Å². The van der Waals surface area contributed by atoms with Gasteiger partial charge in [0.15, 0.2) is 11.6 Å². The predicted octanol–water partition coefficient (Wildman–Crippen LogP) is 0.835. The monoisotopic (exact) mass is 332 g/mol. The van der Waals surface area contributed by atoms with Crippen LogP contribution < -0.4 is 9.46 Å². The van der Waals surface area contributed by atoms with Crippen LogP contribution in [0.1, 0.15) is 6.42 Å². The molecule has 0 saturated carbocycles. The number of rotatable bonds is 7. The van der Waals surface area contributed by atoms with Crippen molar-refractivity contribution in [1.29, 1.82) is 0 Å². The second kappa shape index (κ2) is 7.87. The van der Waals surface area contributed by atoms with Crippen molar-refractivity contribution in [1.82, 2.24) is 9.62 Å². The molecule has 1 heterocycles. The first-order valence-electron chi connectivity index (χ1n) is 7.16. The molecule has 0 amide bonds. The highest BCUT2D eigenvalue weighted by atomic mass is 32.2. The Kier molecular flexibility index (Phi) is 6.13. The Bertz CT molecular complexity index is 589. The Morgan fingerprint density at radius 1 is 1.36 bits per heavy atom. The van der Waals surface area contributed by atoms with Gasteiger partial charge in [0.1, 0.15) is 0 Å². The SMILES string of the molecule is COc1cc(S(=O)(=O)NCCCN2CCOCC2)ccc1F. The highest BCUT2D eigenvalue weighted by Gasteiger charge is 2.16. The number of hydrogen-bond donors (Lipinski definition) is 1. The van der Waals surface area contributed by atoms with E-state index in [9.17, 15) is 12.8 Å². The average molecular weight is 332 g/mol. The largest absolute Gasteiger partial charge is 0.494 e. The van der Waals surface area contributed by atoms with Gasteiger partial charge in [0.25, 0.3) is 0 Å². The van der Waals surface area contributed by atoms with Crippen LogP contribution in [-0.2, 0) is 14.8 Å². The number of halogens is 1. The quantitative estimate of drug-likeness (QED) is 0.749. The zero-order valence-electron chi connectivity index (χ0n) is 12.5. The molecule has 0 radical (unpaired) electrons. The molecular weight excluding hydrogens is 311 g/mol. The summed E-state index contributed by atoms with van der Waals surface area (Å²) in [4.78, 5) is 2.23. The lowest BCUT2D eigenvalue weighted by Crippen LogP contribution is -2.38. The molecule has 0 unspecified atom stereocenters. The van der Waals surface area contributed by atoms with Crippen LogP contribution in [0.5, 0.6) is 5.75 Å². The lowest BCUT2D eigenvalue weighted by atomic mass is 10.3. The van der Waals surface area contributed by atoms with Gasteiger partial charge in [-0.05, 0) is 25.1 Å². The first-order valence-corrected chi connectivity index (χ1v) is 8.64. The van der Waals surface area contributed by atoms with E-state index >= 15 is 0 Å². The van der Waals surface area contributed by atoms with Gasteiger partial charge in [-0.25, -0.2) is 17.5 Å². The standard InChI is InChI=1S/C14H21FN2O4S/c1-20-14-11-12(3-4-13(14)15)22(18,19)16-5-2-6-17-7-9-21-10-8-17/h3-4,11,16H,2,5-10H2,1H3. The minimum atomic E-state index is -3.65. The van der Waals surface area contributed by atoms with Crippen molar-refractivity contribution < 1.29 is 22.3 Å². The molecular formula is C14H21FN2O4S. The highest BCUT2D eigenvalue weighted by Crippen LogP contribution is 2.21. The second-order valence-electron chi connectivity index (χ2n) is 5.00. The summed E-state index contributed by atoms with van der Waals surface area (Å²) < 4.78 is 50.2. The van der Waals surface area contributed by atoms with Crippen molar-refractivity contribution in [2.24, 2.45) is 0 Å². The van der Waals surface area contributed by atoms with Gasteiger partial charge < -0.3 is 9.47 Å².